The fraction of sp³-hybridized carbons (Fsp3) is 0.150. The zero-order valence-electron chi connectivity index (χ0n) is 14.0. The monoisotopic (exact) mass is 359 g/mol. The van der Waals surface area contributed by atoms with Crippen LogP contribution in [0.3, 0.4) is 0 Å². The molecule has 0 saturated carbocycles. The highest BCUT2D eigenvalue weighted by atomic mass is 19.4. The van der Waals surface area contributed by atoms with Gasteiger partial charge in [-0.25, -0.2) is 0 Å². The van der Waals surface area contributed by atoms with Crippen LogP contribution in [0, 0.1) is 0 Å². The highest BCUT2D eigenvalue weighted by Gasteiger charge is 2.32. The fourth-order valence-electron chi connectivity index (χ4n) is 2.73. The lowest BCUT2D eigenvalue weighted by molar-refractivity contribution is -0.275. The van der Waals surface area contributed by atoms with Crippen LogP contribution in [0.1, 0.15) is 15.9 Å². The number of alkyl halides is 3. The molecule has 0 aliphatic heterocycles. The average molecular weight is 359 g/mol. The molecule has 134 valence electrons. The lowest BCUT2D eigenvalue weighted by Crippen LogP contribution is -2.27. The molecule has 0 atom stereocenters. The van der Waals surface area contributed by atoms with Crippen molar-refractivity contribution in [2.24, 2.45) is 0 Å². The summed E-state index contributed by atoms with van der Waals surface area (Å²) >= 11 is 0. The summed E-state index contributed by atoms with van der Waals surface area (Å²) in [6.07, 6.45) is -4.78. The summed E-state index contributed by atoms with van der Waals surface area (Å²) in [4.78, 5) is 14.0. The number of rotatable bonds is 4. The molecule has 0 aliphatic rings. The lowest BCUT2D eigenvalue weighted by atomic mass is 10.1. The van der Waals surface area contributed by atoms with E-state index in [0.29, 0.717) is 5.56 Å². The molecule has 0 saturated heterocycles. The van der Waals surface area contributed by atoms with Crippen molar-refractivity contribution < 1.29 is 22.7 Å². The van der Waals surface area contributed by atoms with Crippen LogP contribution in [-0.2, 0) is 6.54 Å². The average Bonchev–Trinajstić information content (AvgIpc) is 2.61. The van der Waals surface area contributed by atoms with Gasteiger partial charge in [0, 0.05) is 24.7 Å². The second kappa shape index (κ2) is 7.07. The van der Waals surface area contributed by atoms with Crippen LogP contribution >= 0.6 is 0 Å². The smallest absolute Gasteiger partial charge is 0.405 e. The van der Waals surface area contributed by atoms with Gasteiger partial charge < -0.3 is 9.64 Å². The molecule has 1 amide bonds. The van der Waals surface area contributed by atoms with E-state index in [1.165, 1.54) is 23.1 Å². The van der Waals surface area contributed by atoms with E-state index >= 15 is 0 Å². The summed E-state index contributed by atoms with van der Waals surface area (Å²) in [5, 5.41) is 1.93. The van der Waals surface area contributed by atoms with Gasteiger partial charge in [0.15, 0.2) is 0 Å². The zero-order chi connectivity index (χ0) is 18.7. The van der Waals surface area contributed by atoms with Crippen molar-refractivity contribution >= 4 is 16.7 Å². The Morgan fingerprint density at radius 2 is 1.62 bits per heavy atom. The van der Waals surface area contributed by atoms with Gasteiger partial charge in [0.25, 0.3) is 5.91 Å². The minimum atomic E-state index is -4.78. The van der Waals surface area contributed by atoms with Gasteiger partial charge in [-0.05, 0) is 29.0 Å². The van der Waals surface area contributed by atoms with E-state index in [4.69, 9.17) is 0 Å². The second-order valence-electron chi connectivity index (χ2n) is 5.88. The molecule has 0 bridgehead atoms. The molecule has 0 unspecified atom stereocenters. The molecule has 0 N–H and O–H groups in total. The summed E-state index contributed by atoms with van der Waals surface area (Å²) in [5.41, 5.74) is 0.752. The minimum absolute atomic E-state index is 0.00207. The maximum atomic E-state index is 12.7. The third kappa shape index (κ3) is 4.14. The van der Waals surface area contributed by atoms with Crippen molar-refractivity contribution in [2.45, 2.75) is 12.9 Å². The van der Waals surface area contributed by atoms with Crippen LogP contribution < -0.4 is 4.74 Å². The molecular formula is C20H16F3NO2. The van der Waals surface area contributed by atoms with Crippen molar-refractivity contribution in [3.05, 3.63) is 77.9 Å². The number of hydrogen-bond acceptors (Lipinski definition) is 2. The summed E-state index contributed by atoms with van der Waals surface area (Å²) in [7, 11) is 1.54. The molecule has 3 nitrogen and oxygen atoms in total. The van der Waals surface area contributed by atoms with Gasteiger partial charge in [0.1, 0.15) is 5.75 Å². The summed E-state index contributed by atoms with van der Waals surface area (Å²) in [5.74, 6) is -0.587. The van der Waals surface area contributed by atoms with E-state index in [0.717, 1.165) is 10.8 Å². The van der Waals surface area contributed by atoms with Crippen molar-refractivity contribution in [3.8, 4) is 5.75 Å². The summed E-state index contributed by atoms with van der Waals surface area (Å²) in [6, 6.07) is 18.8. The Morgan fingerprint density at radius 3 is 2.35 bits per heavy atom. The van der Waals surface area contributed by atoms with Gasteiger partial charge in [-0.3, -0.25) is 4.79 Å². The third-order valence-electron chi connectivity index (χ3n) is 3.95. The van der Waals surface area contributed by atoms with E-state index in [1.807, 2.05) is 30.3 Å². The van der Waals surface area contributed by atoms with Gasteiger partial charge in [-0.1, -0.05) is 48.5 Å². The van der Waals surface area contributed by atoms with Crippen LogP contribution in [0.4, 0.5) is 13.2 Å². The Morgan fingerprint density at radius 1 is 0.962 bits per heavy atom. The van der Waals surface area contributed by atoms with Crippen LogP contribution in [-0.4, -0.2) is 24.2 Å². The number of halogens is 3. The first-order valence-electron chi connectivity index (χ1n) is 7.91. The topological polar surface area (TPSA) is 29.5 Å². The number of nitrogens with zero attached hydrogens (tertiary/aromatic N) is 1. The number of benzene rings is 3. The molecule has 0 heterocycles. The number of amides is 1. The van der Waals surface area contributed by atoms with Gasteiger partial charge in [-0.2, -0.15) is 0 Å². The van der Waals surface area contributed by atoms with Crippen LogP contribution in [0.5, 0.6) is 5.75 Å². The number of carbonyl (C=O) groups is 1. The predicted octanol–water partition coefficient (Wildman–Crippen LogP) is 5.01. The molecule has 3 aromatic rings. The number of para-hydroxylation sites is 1. The molecule has 0 radical (unpaired) electrons. The first kappa shape index (κ1) is 17.8. The Labute approximate surface area is 148 Å². The predicted molar refractivity (Wildman–Crippen MR) is 92.9 cm³/mol. The first-order valence-corrected chi connectivity index (χ1v) is 7.91. The fourth-order valence-corrected chi connectivity index (χ4v) is 2.73. The van der Waals surface area contributed by atoms with Gasteiger partial charge in [0.2, 0.25) is 0 Å². The largest absolute Gasteiger partial charge is 0.573 e. The lowest BCUT2D eigenvalue weighted by Gasteiger charge is -2.20. The SMILES string of the molecule is CN(Cc1ccccc1OC(F)(F)F)C(=O)c1ccc2ccccc2c1. The molecule has 0 aromatic heterocycles. The van der Waals surface area contributed by atoms with E-state index in [-0.39, 0.29) is 23.8 Å². The Hall–Kier alpha value is -3.02. The maximum Gasteiger partial charge on any atom is 0.573 e. The molecule has 6 heteroatoms. The highest BCUT2D eigenvalue weighted by molar-refractivity contribution is 5.98. The molecule has 0 spiro atoms. The van der Waals surface area contributed by atoms with Crippen LogP contribution in [0.25, 0.3) is 10.8 Å². The minimum Gasteiger partial charge on any atom is -0.405 e. The van der Waals surface area contributed by atoms with Crippen molar-refractivity contribution in [3.63, 3.8) is 0 Å². The molecule has 26 heavy (non-hydrogen) atoms. The van der Waals surface area contributed by atoms with Crippen LogP contribution in [0.2, 0.25) is 0 Å². The van der Waals surface area contributed by atoms with E-state index in [9.17, 15) is 18.0 Å². The molecule has 3 rings (SSSR count). The molecule has 3 aromatic carbocycles. The Balaban J connectivity index is 1.81. The third-order valence-corrected chi connectivity index (χ3v) is 3.95. The Bertz CT molecular complexity index is 937. The molecule has 0 fully saturated rings. The number of ether oxygens (including phenoxy) is 1. The highest BCUT2D eigenvalue weighted by Crippen LogP contribution is 2.27. The normalized spacial score (nSPS) is 11.4. The van der Waals surface area contributed by atoms with Crippen molar-refractivity contribution in [1.82, 2.24) is 4.90 Å². The number of carbonyl (C=O) groups excluding carboxylic acids is 1. The first-order chi connectivity index (χ1) is 12.3. The second-order valence-corrected chi connectivity index (χ2v) is 5.88. The summed E-state index contributed by atoms with van der Waals surface area (Å²) in [6.45, 7) is -0.00207. The van der Waals surface area contributed by atoms with E-state index < -0.39 is 6.36 Å². The Kier molecular flexibility index (Phi) is 4.84. The van der Waals surface area contributed by atoms with Gasteiger partial charge >= 0.3 is 6.36 Å². The molecule has 0 aliphatic carbocycles. The van der Waals surface area contributed by atoms with E-state index in [2.05, 4.69) is 4.74 Å². The molecular weight excluding hydrogens is 343 g/mol. The van der Waals surface area contributed by atoms with Gasteiger partial charge in [-0.15, -0.1) is 13.2 Å². The number of fused-ring (bicyclic) bond motifs is 1. The van der Waals surface area contributed by atoms with Gasteiger partial charge in [0.05, 0.1) is 0 Å². The van der Waals surface area contributed by atoms with Crippen molar-refractivity contribution in [2.75, 3.05) is 7.05 Å². The summed E-state index contributed by atoms with van der Waals surface area (Å²) < 4.78 is 41.6. The van der Waals surface area contributed by atoms with E-state index in [1.54, 1.807) is 25.2 Å². The van der Waals surface area contributed by atoms with Crippen molar-refractivity contribution in [1.29, 1.82) is 0 Å². The standard InChI is InChI=1S/C20H16F3NO2/c1-24(13-17-8-4-5-9-18(17)26-20(21,22)23)19(25)16-11-10-14-6-2-3-7-15(14)12-16/h2-12H,13H2,1H3. The quantitative estimate of drug-likeness (QED) is 0.655. The number of hydrogen-bond donors (Lipinski definition) is 0. The zero-order valence-corrected chi connectivity index (χ0v) is 14.0. The maximum absolute atomic E-state index is 12.7. The van der Waals surface area contributed by atoms with Crippen LogP contribution in [0.15, 0.2) is 66.7 Å².